The van der Waals surface area contributed by atoms with Gasteiger partial charge >= 0.3 is 42.6 Å². The number of nitrogens with zero attached hydrogens (tertiary/aromatic N) is 10. The van der Waals surface area contributed by atoms with Gasteiger partial charge in [0.05, 0.1) is 189 Å². The van der Waals surface area contributed by atoms with Crippen LogP contribution in [0, 0.1) is 0 Å². The van der Waals surface area contributed by atoms with Gasteiger partial charge in [-0.2, -0.15) is 0 Å². The average Bonchev–Trinajstić information content (AvgIpc) is 1.74. The summed E-state index contributed by atoms with van der Waals surface area (Å²) in [5.74, 6) is -0.384. The maximum absolute atomic E-state index is 11.9. The van der Waals surface area contributed by atoms with Gasteiger partial charge in [0.2, 0.25) is 5.91 Å². The van der Waals surface area contributed by atoms with E-state index in [0.717, 1.165) is 12.8 Å². The number of aliphatic hydroxyl groups excluding tert-OH is 2. The zero-order valence-corrected chi connectivity index (χ0v) is 70.3. The van der Waals surface area contributed by atoms with Crippen LogP contribution in [0.1, 0.15) is 53.4 Å². The zero-order valence-electron chi connectivity index (χ0n) is 70.3. The fourth-order valence-electron chi connectivity index (χ4n) is 8.06. The Balaban J connectivity index is 0. The minimum Gasteiger partial charge on any atom is -0.447 e. The summed E-state index contributed by atoms with van der Waals surface area (Å²) in [6.07, 6.45) is 16.3. The van der Waals surface area contributed by atoms with Crippen LogP contribution in [0.3, 0.4) is 0 Å². The second-order valence-corrected chi connectivity index (χ2v) is 24.0. The van der Waals surface area contributed by atoms with Crippen molar-refractivity contribution < 1.29 is 129 Å². The average molecular weight is 1760 g/mol. The van der Waals surface area contributed by atoms with E-state index in [0.29, 0.717) is 112 Å². The lowest BCUT2D eigenvalue weighted by Gasteiger charge is -2.14. The van der Waals surface area contributed by atoms with Gasteiger partial charge in [0.15, 0.2) is 11.9 Å². The van der Waals surface area contributed by atoms with E-state index < -0.39 is 48.5 Å². The molecule has 0 aromatic carbocycles. The molecule has 122 heavy (non-hydrogen) atoms. The molecule has 0 fully saturated rings. The molecule has 4 aromatic heterocycles. The number of hydrogen-bond donors (Lipinski definition) is 17. The Bertz CT molecular complexity index is 3160. The molecule has 26 N–H and O–H groups in total. The van der Waals surface area contributed by atoms with Crippen LogP contribution in [-0.4, -0.2) is 370 Å². The molecule has 52 heteroatoms. The van der Waals surface area contributed by atoms with E-state index in [1.54, 1.807) is 31.7 Å². The highest BCUT2D eigenvalue weighted by atomic mass is 16.6. The number of aliphatic imine (C=N–C) groups is 2. The number of imidazole rings is 4. The van der Waals surface area contributed by atoms with Crippen LogP contribution in [0.25, 0.3) is 0 Å². The van der Waals surface area contributed by atoms with Crippen LogP contribution in [0.5, 0.6) is 0 Å². The number of amides is 5. The molecule has 0 aliphatic heterocycles. The minimum atomic E-state index is -0.751. The molecule has 0 saturated heterocycles. The van der Waals surface area contributed by atoms with Gasteiger partial charge in [-0.15, -0.1) is 0 Å². The number of guanidine groups is 2. The van der Waals surface area contributed by atoms with Crippen LogP contribution in [0.15, 0.2) is 84.9 Å². The monoisotopic (exact) mass is 1760 g/mol. The largest absolute Gasteiger partial charge is 0.447 e. The van der Waals surface area contributed by atoms with Crippen molar-refractivity contribution in [3.63, 3.8) is 0 Å². The van der Waals surface area contributed by atoms with Crippen molar-refractivity contribution in [2.75, 3.05) is 225 Å². The Morgan fingerprint density at radius 2 is 0.713 bits per heavy atom. The van der Waals surface area contributed by atoms with E-state index in [-0.39, 0.29) is 168 Å². The van der Waals surface area contributed by atoms with Crippen molar-refractivity contribution in [1.82, 2.24) is 70.1 Å². The topological polar surface area (TPSA) is 736 Å². The van der Waals surface area contributed by atoms with Crippen LogP contribution < -0.4 is 83.5 Å². The first kappa shape index (κ1) is 114. The zero-order chi connectivity index (χ0) is 90.7. The van der Waals surface area contributed by atoms with E-state index in [2.05, 4.69) is 67.6 Å². The lowest BCUT2D eigenvalue weighted by Crippen LogP contribution is -2.45. The van der Waals surface area contributed by atoms with Crippen LogP contribution in [0.4, 0.5) is 33.6 Å². The highest BCUT2D eigenvalue weighted by molar-refractivity contribution is 5.82. The lowest BCUT2D eigenvalue weighted by atomic mass is 10.1. The number of carbonyl (C=O) groups is 8. The Labute approximate surface area is 708 Å². The predicted octanol–water partition coefficient (Wildman–Crippen LogP) is -4.28. The summed E-state index contributed by atoms with van der Waals surface area (Å²) in [7, 11) is 1.50. The highest BCUT2D eigenvalue weighted by Gasteiger charge is 2.15. The van der Waals surface area contributed by atoms with E-state index in [1.165, 1.54) is 75.4 Å². The molecule has 0 radical (unpaired) electrons. The third kappa shape index (κ3) is 72.6. The van der Waals surface area contributed by atoms with Gasteiger partial charge < -0.3 is 169 Å². The SMILES string of the molecule is CC(COCCO)OCCO.CC(COCCOCCOC(=O)NCN)OCCOC(=O)NCN.CC(COCCOCCOC(=O)NCNCC(N)CCCN=C(N)N)OCCOC(=O)NCNC(=O)C(N)CCCN=C(N)N.CC(COCCOCCOC(=O)n1ccnc1)OCCOC(=O)n1ccnc1.CN.O=C(n1ccnc1)n1ccnc1. The number of carbonyl (C=O) groups excluding carboxylic acids is 8. The van der Waals surface area contributed by atoms with Crippen molar-refractivity contribution in [2.24, 2.45) is 61.6 Å². The fourth-order valence-corrected chi connectivity index (χ4v) is 8.06. The molecular formula is C70H133N25O27. The third-order valence-corrected chi connectivity index (χ3v) is 13.7. The van der Waals surface area contributed by atoms with Gasteiger partial charge in [-0.1, -0.05) is 0 Å². The van der Waals surface area contributed by atoms with Crippen molar-refractivity contribution in [1.29, 1.82) is 0 Å². The van der Waals surface area contributed by atoms with E-state index in [9.17, 15) is 38.4 Å². The molecule has 4 rings (SSSR count). The minimum absolute atomic E-state index is 0.0104. The number of nitrogens with one attached hydrogen (secondary N) is 6. The third-order valence-electron chi connectivity index (χ3n) is 13.7. The van der Waals surface area contributed by atoms with E-state index >= 15 is 0 Å². The second kappa shape index (κ2) is 81.8. The highest BCUT2D eigenvalue weighted by Crippen LogP contribution is 2.01. The Hall–Kier alpha value is -10.2. The quantitative estimate of drug-likeness (QED) is 0.00654. The molecule has 0 aliphatic rings. The summed E-state index contributed by atoms with van der Waals surface area (Å²) < 4.78 is 93.3. The van der Waals surface area contributed by atoms with Gasteiger partial charge in [0, 0.05) is 75.3 Å². The lowest BCUT2D eigenvalue weighted by molar-refractivity contribution is -0.122. The Morgan fingerprint density at radius 1 is 0.393 bits per heavy atom. The molecule has 0 aliphatic carbocycles. The van der Waals surface area contributed by atoms with Gasteiger partial charge in [-0.05, 0) is 60.4 Å². The number of alkyl carbamates (subject to hydrolysis) is 4. The number of ether oxygens (including phenoxy) is 17. The van der Waals surface area contributed by atoms with Gasteiger partial charge in [-0.25, -0.2) is 62.6 Å². The summed E-state index contributed by atoms with van der Waals surface area (Å²) in [5.41, 5.74) is 47.4. The number of aliphatic hydroxyl groups is 2. The summed E-state index contributed by atoms with van der Waals surface area (Å²) in [5, 5.41) is 31.8. The summed E-state index contributed by atoms with van der Waals surface area (Å²) >= 11 is 0. The van der Waals surface area contributed by atoms with Crippen molar-refractivity contribution in [2.45, 2.75) is 89.9 Å². The molecule has 0 bridgehead atoms. The predicted molar refractivity (Wildman–Crippen MR) is 438 cm³/mol. The molecule has 4 aromatic rings. The number of hydrogen-bond acceptors (Lipinski definition) is 39. The smallest absolute Gasteiger partial charge is 0.419 e. The van der Waals surface area contributed by atoms with Crippen LogP contribution >= 0.6 is 0 Å². The molecule has 6 atom stereocenters. The molecule has 700 valence electrons. The molecule has 0 spiro atoms. The normalized spacial score (nSPS) is 11.9. The summed E-state index contributed by atoms with van der Waals surface area (Å²) in [4.78, 5) is 114. The first-order chi connectivity index (χ1) is 59.0. The standard InChI is InChI=1S/C25H54N12O8.C17H24N4O7.C13H28N4O7.C7H6N4O.C7H16O4.CH5N/c1-18(43-12-13-45-25(40)37-17-35-21(38)20(27)5-3-7-34-23(30)31)15-42-9-8-41-10-11-44-24(39)36-16-32-14-19(26)4-2-6-33-22(28)29;1-15(26-10-11-28-17(23)21-5-3-19-14-21)12-25-7-6-24-8-9-27-16(22)20-4-2-18-13-20;1-11(22-6-7-24-13(19)17-10-15)8-21-3-2-20-4-5-23-12(18)16-9-14;12-7(10-3-1-8-5-10)11-4-2-9-6-11;1-7(11-5-3-9)6-10-4-2-8;1-2/h18-20,32H,2-17,26-27H2,1H3,(H,35,38)(H,36,39)(H,37,40)(H4,28,29,33)(H4,30,31,34);2-5,13-15H,6-12H2,1H3;11H,2-10,14-15H2,1H3,(H,16,18)(H,17,19);1-6H;7-9H,2-6H2,1H3;2H2,1H3. The summed E-state index contributed by atoms with van der Waals surface area (Å²) in [6, 6.07) is -1.03. The van der Waals surface area contributed by atoms with Crippen molar-refractivity contribution in [3.8, 4) is 0 Å². The first-order valence-electron chi connectivity index (χ1n) is 38.7. The Morgan fingerprint density at radius 3 is 1.08 bits per heavy atom. The van der Waals surface area contributed by atoms with Crippen molar-refractivity contribution in [3.05, 3.63) is 74.9 Å². The number of aromatic nitrogens is 8. The molecule has 6 unspecified atom stereocenters. The number of nitrogens with two attached hydrogens (primary N) is 9. The maximum atomic E-state index is 11.9. The fraction of sp³-hybridized carbons (Fsp3) is 0.686. The van der Waals surface area contributed by atoms with Gasteiger partial charge in [-0.3, -0.25) is 29.2 Å². The maximum Gasteiger partial charge on any atom is 0.419 e. The Kier molecular flexibility index (Phi) is 76.3. The first-order valence-corrected chi connectivity index (χ1v) is 38.7. The van der Waals surface area contributed by atoms with Gasteiger partial charge in [0.25, 0.3) is 0 Å². The molecule has 4 heterocycles. The van der Waals surface area contributed by atoms with E-state index in [1.807, 2.05) is 20.8 Å². The molecule has 52 nitrogen and oxygen atoms in total. The molecular weight excluding hydrogens is 1620 g/mol. The van der Waals surface area contributed by atoms with Gasteiger partial charge in [0.1, 0.15) is 65.0 Å². The van der Waals surface area contributed by atoms with Crippen molar-refractivity contribution >= 4 is 60.4 Å². The van der Waals surface area contributed by atoms with E-state index in [4.69, 9.17) is 137 Å². The number of rotatable bonds is 60. The summed E-state index contributed by atoms with van der Waals surface area (Å²) in [6.45, 7) is 15.4. The molecule has 0 saturated carbocycles. The molecule has 5 amide bonds. The second-order valence-electron chi connectivity index (χ2n) is 24.0. The van der Waals surface area contributed by atoms with Crippen LogP contribution in [0.2, 0.25) is 0 Å². The van der Waals surface area contributed by atoms with Crippen LogP contribution in [-0.2, 0) is 85.3 Å².